The Hall–Kier alpha value is -1.75. The summed E-state index contributed by atoms with van der Waals surface area (Å²) in [6.07, 6.45) is 1.55. The smallest absolute Gasteiger partial charge is 0.258 e. The van der Waals surface area contributed by atoms with Gasteiger partial charge in [0.1, 0.15) is 10.4 Å². The molecule has 3 nitrogen and oxygen atoms in total. The number of rotatable bonds is 2. The Bertz CT molecular complexity index is 571. The van der Waals surface area contributed by atoms with Gasteiger partial charge in [-0.15, -0.1) is 0 Å². The van der Waals surface area contributed by atoms with Gasteiger partial charge in [0.25, 0.3) is 5.91 Å². The molecule has 1 amide bonds. The second-order valence-electron chi connectivity index (χ2n) is 3.71. The lowest BCUT2D eigenvalue weighted by Crippen LogP contribution is -2.26. The van der Waals surface area contributed by atoms with Crippen LogP contribution in [0.5, 0.6) is 0 Å². The van der Waals surface area contributed by atoms with Crippen LogP contribution in [0.4, 0.5) is 10.1 Å². The van der Waals surface area contributed by atoms with Crippen LogP contribution >= 0.6 is 15.9 Å². The predicted molar refractivity (Wildman–Crippen MR) is 71.1 cm³/mol. The zero-order chi connectivity index (χ0) is 13.1. The molecule has 1 aromatic heterocycles. The van der Waals surface area contributed by atoms with E-state index in [2.05, 4.69) is 20.9 Å². The number of hydrogen-bond donors (Lipinski definition) is 0. The Morgan fingerprint density at radius 2 is 1.94 bits per heavy atom. The fourth-order valence-corrected chi connectivity index (χ4v) is 1.88. The molecule has 0 saturated carbocycles. The van der Waals surface area contributed by atoms with E-state index in [0.717, 1.165) is 0 Å². The molecule has 0 aliphatic carbocycles. The van der Waals surface area contributed by atoms with Crippen LogP contribution in [-0.2, 0) is 0 Å². The molecule has 1 heterocycles. The average Bonchev–Trinajstić information content (AvgIpc) is 2.38. The van der Waals surface area contributed by atoms with Gasteiger partial charge in [-0.25, -0.2) is 9.37 Å². The molecule has 0 atom stereocenters. The van der Waals surface area contributed by atoms with Crippen molar-refractivity contribution in [3.05, 3.63) is 58.6 Å². The quantitative estimate of drug-likeness (QED) is 0.798. The van der Waals surface area contributed by atoms with Crippen LogP contribution in [0, 0.1) is 5.82 Å². The van der Waals surface area contributed by atoms with Crippen molar-refractivity contribution in [1.29, 1.82) is 0 Å². The zero-order valence-corrected chi connectivity index (χ0v) is 11.2. The normalized spacial score (nSPS) is 10.2. The number of amides is 1. The maximum atomic E-state index is 12.8. The molecule has 0 aliphatic heterocycles. The van der Waals surface area contributed by atoms with E-state index in [9.17, 15) is 9.18 Å². The highest BCUT2D eigenvalue weighted by molar-refractivity contribution is 9.10. The van der Waals surface area contributed by atoms with Gasteiger partial charge >= 0.3 is 0 Å². The zero-order valence-electron chi connectivity index (χ0n) is 9.60. The molecule has 0 bridgehead atoms. The van der Waals surface area contributed by atoms with E-state index in [1.54, 1.807) is 37.5 Å². The summed E-state index contributed by atoms with van der Waals surface area (Å²) < 4.78 is 13.4. The van der Waals surface area contributed by atoms with Gasteiger partial charge in [-0.1, -0.05) is 0 Å². The molecule has 2 rings (SSSR count). The highest BCUT2D eigenvalue weighted by Crippen LogP contribution is 2.17. The molecule has 5 heteroatoms. The van der Waals surface area contributed by atoms with Gasteiger partial charge in [0.05, 0.1) is 0 Å². The van der Waals surface area contributed by atoms with E-state index >= 15 is 0 Å². The third-order valence-electron chi connectivity index (χ3n) is 2.49. The SMILES string of the molecule is CN(C(=O)c1ccnc(Br)c1)c1ccc(F)cc1. The minimum absolute atomic E-state index is 0.176. The van der Waals surface area contributed by atoms with E-state index in [1.165, 1.54) is 17.0 Å². The minimum Gasteiger partial charge on any atom is -0.311 e. The summed E-state index contributed by atoms with van der Waals surface area (Å²) in [6, 6.07) is 9.03. The molecular formula is C13H10BrFN2O. The minimum atomic E-state index is -0.328. The lowest BCUT2D eigenvalue weighted by molar-refractivity contribution is 0.0993. The number of nitrogens with zero attached hydrogens (tertiary/aromatic N) is 2. The van der Waals surface area contributed by atoms with Gasteiger partial charge in [0, 0.05) is 24.5 Å². The van der Waals surface area contributed by atoms with Crippen molar-refractivity contribution >= 4 is 27.5 Å². The summed E-state index contributed by atoms with van der Waals surface area (Å²) in [6.45, 7) is 0. The van der Waals surface area contributed by atoms with E-state index in [0.29, 0.717) is 15.9 Å². The number of halogens is 2. The molecule has 0 fully saturated rings. The van der Waals surface area contributed by atoms with Crippen LogP contribution in [0.25, 0.3) is 0 Å². The van der Waals surface area contributed by atoms with Crippen molar-refractivity contribution in [3.8, 4) is 0 Å². The van der Waals surface area contributed by atoms with Gasteiger partial charge in [-0.3, -0.25) is 4.79 Å². The fraction of sp³-hybridized carbons (Fsp3) is 0.0769. The molecule has 92 valence electrons. The second-order valence-corrected chi connectivity index (χ2v) is 4.52. The molecule has 0 unspecified atom stereocenters. The summed E-state index contributed by atoms with van der Waals surface area (Å²) in [5.74, 6) is -0.504. The maximum Gasteiger partial charge on any atom is 0.258 e. The van der Waals surface area contributed by atoms with Crippen LogP contribution < -0.4 is 4.90 Å². The lowest BCUT2D eigenvalue weighted by Gasteiger charge is -2.17. The van der Waals surface area contributed by atoms with Crippen molar-refractivity contribution < 1.29 is 9.18 Å². The second kappa shape index (κ2) is 5.27. The van der Waals surface area contributed by atoms with Crippen LogP contribution in [0.3, 0.4) is 0 Å². The first-order valence-electron chi connectivity index (χ1n) is 5.23. The number of benzene rings is 1. The van der Waals surface area contributed by atoms with Gasteiger partial charge in [-0.05, 0) is 52.3 Å². The van der Waals surface area contributed by atoms with Gasteiger partial charge in [0.15, 0.2) is 0 Å². The molecule has 18 heavy (non-hydrogen) atoms. The standard InChI is InChI=1S/C13H10BrFN2O/c1-17(11-4-2-10(15)3-5-11)13(18)9-6-7-16-12(14)8-9/h2-8H,1H3. The van der Waals surface area contributed by atoms with Crippen LogP contribution in [-0.4, -0.2) is 17.9 Å². The highest BCUT2D eigenvalue weighted by Gasteiger charge is 2.13. The molecule has 0 saturated heterocycles. The first-order valence-corrected chi connectivity index (χ1v) is 6.02. The third-order valence-corrected chi connectivity index (χ3v) is 2.93. The van der Waals surface area contributed by atoms with Gasteiger partial charge in [0.2, 0.25) is 0 Å². The van der Waals surface area contributed by atoms with Crippen molar-refractivity contribution in [2.24, 2.45) is 0 Å². The summed E-state index contributed by atoms with van der Waals surface area (Å²) in [7, 11) is 1.64. The van der Waals surface area contributed by atoms with Crippen molar-refractivity contribution in [2.45, 2.75) is 0 Å². The van der Waals surface area contributed by atoms with Gasteiger partial charge < -0.3 is 4.90 Å². The summed E-state index contributed by atoms with van der Waals surface area (Å²) in [5.41, 5.74) is 1.15. The predicted octanol–water partition coefficient (Wildman–Crippen LogP) is 3.26. The van der Waals surface area contributed by atoms with Crippen LogP contribution in [0.15, 0.2) is 47.2 Å². The number of carbonyl (C=O) groups is 1. The molecule has 0 spiro atoms. The molecule has 0 radical (unpaired) electrons. The average molecular weight is 309 g/mol. The molecule has 1 aromatic carbocycles. The first kappa shape index (κ1) is 12.7. The Kier molecular flexibility index (Phi) is 3.72. The summed E-state index contributed by atoms with van der Waals surface area (Å²) in [4.78, 5) is 17.6. The number of carbonyl (C=O) groups excluding carboxylic acids is 1. The van der Waals surface area contributed by atoms with E-state index in [1.807, 2.05) is 0 Å². The van der Waals surface area contributed by atoms with Crippen LogP contribution in [0.1, 0.15) is 10.4 Å². The Balaban J connectivity index is 2.26. The Morgan fingerprint density at radius 1 is 1.28 bits per heavy atom. The fourth-order valence-electron chi connectivity index (χ4n) is 1.51. The molecule has 2 aromatic rings. The highest BCUT2D eigenvalue weighted by atomic mass is 79.9. The van der Waals surface area contributed by atoms with Crippen LogP contribution in [0.2, 0.25) is 0 Å². The van der Waals surface area contributed by atoms with E-state index < -0.39 is 0 Å². The van der Waals surface area contributed by atoms with Crippen molar-refractivity contribution in [2.75, 3.05) is 11.9 Å². The summed E-state index contributed by atoms with van der Waals surface area (Å²) >= 11 is 3.21. The molecule has 0 aliphatic rings. The van der Waals surface area contributed by atoms with E-state index in [4.69, 9.17) is 0 Å². The van der Waals surface area contributed by atoms with Crippen molar-refractivity contribution in [3.63, 3.8) is 0 Å². The largest absolute Gasteiger partial charge is 0.311 e. The maximum absolute atomic E-state index is 12.8. The van der Waals surface area contributed by atoms with Crippen molar-refractivity contribution in [1.82, 2.24) is 4.98 Å². The topological polar surface area (TPSA) is 33.2 Å². The lowest BCUT2D eigenvalue weighted by atomic mass is 10.2. The number of aromatic nitrogens is 1. The third kappa shape index (κ3) is 2.73. The Morgan fingerprint density at radius 3 is 2.56 bits per heavy atom. The summed E-state index contributed by atoms with van der Waals surface area (Å²) in [5, 5.41) is 0. The van der Waals surface area contributed by atoms with E-state index in [-0.39, 0.29) is 11.7 Å². The number of pyridine rings is 1. The van der Waals surface area contributed by atoms with Gasteiger partial charge in [-0.2, -0.15) is 0 Å². The Labute approximate surface area is 112 Å². The number of anilines is 1. The molecule has 0 N–H and O–H groups in total. The monoisotopic (exact) mass is 308 g/mol. The number of hydrogen-bond acceptors (Lipinski definition) is 2. The molecular weight excluding hydrogens is 299 g/mol. The first-order chi connectivity index (χ1) is 8.58.